The van der Waals surface area contributed by atoms with E-state index in [1.54, 1.807) is 19.1 Å². The summed E-state index contributed by atoms with van der Waals surface area (Å²) in [5, 5.41) is 23.5. The molecule has 0 aliphatic carbocycles. The number of amides is 2. The Morgan fingerprint density at radius 3 is 2.54 bits per heavy atom. The van der Waals surface area contributed by atoms with Crippen molar-refractivity contribution in [2.45, 2.75) is 38.5 Å². The number of nitrogens with one attached hydrogen (secondary N) is 2. The van der Waals surface area contributed by atoms with E-state index in [4.69, 9.17) is 10.00 Å². The molecule has 0 aliphatic rings. The molecule has 0 unspecified atom stereocenters. The standard InChI is InChI=1S/C19H25N3O6/c1-13(10-20)8-16(18(25)27-2)22-17(24)9-15(23)11-21-19(26)28-12-14-6-4-3-5-7-14/h3-7,13,15-16,23H,8-9,11-12H2,1-2H3,(H,21,26)(H,22,24)/t13-,15-,16-/m1/s1. The van der Waals surface area contributed by atoms with Crippen LogP contribution in [0.2, 0.25) is 0 Å². The Morgan fingerprint density at radius 2 is 1.93 bits per heavy atom. The highest BCUT2D eigenvalue weighted by Gasteiger charge is 2.24. The number of alkyl carbamates (subject to hydrolysis) is 1. The molecule has 3 atom stereocenters. The van der Waals surface area contributed by atoms with Crippen LogP contribution in [0.3, 0.4) is 0 Å². The van der Waals surface area contributed by atoms with Gasteiger partial charge in [-0.3, -0.25) is 4.79 Å². The van der Waals surface area contributed by atoms with Crippen molar-refractivity contribution >= 4 is 18.0 Å². The molecule has 0 aliphatic heterocycles. The molecule has 0 aromatic heterocycles. The molecule has 1 aromatic rings. The average Bonchev–Trinajstić information content (AvgIpc) is 2.70. The summed E-state index contributed by atoms with van der Waals surface area (Å²) in [5.74, 6) is -1.74. The number of rotatable bonds is 10. The van der Waals surface area contributed by atoms with E-state index in [0.717, 1.165) is 5.56 Å². The number of nitrogens with zero attached hydrogens (tertiary/aromatic N) is 1. The number of carbonyl (C=O) groups excluding carboxylic acids is 3. The zero-order valence-electron chi connectivity index (χ0n) is 15.9. The SMILES string of the molecule is COC(=O)[C@@H](C[C@@H](C)C#N)NC(=O)C[C@@H](O)CNC(=O)OCc1ccccc1. The van der Waals surface area contributed by atoms with Crippen molar-refractivity contribution in [1.29, 1.82) is 5.26 Å². The van der Waals surface area contributed by atoms with E-state index in [9.17, 15) is 19.5 Å². The van der Waals surface area contributed by atoms with E-state index in [1.807, 2.05) is 24.3 Å². The summed E-state index contributed by atoms with van der Waals surface area (Å²) < 4.78 is 9.60. The number of benzene rings is 1. The lowest BCUT2D eigenvalue weighted by molar-refractivity contribution is -0.145. The van der Waals surface area contributed by atoms with Gasteiger partial charge in [0, 0.05) is 12.5 Å². The molecular weight excluding hydrogens is 366 g/mol. The Bertz CT molecular complexity index is 689. The highest BCUT2D eigenvalue weighted by atomic mass is 16.5. The number of nitriles is 1. The fourth-order valence-corrected chi connectivity index (χ4v) is 2.28. The minimum atomic E-state index is -1.17. The maximum absolute atomic E-state index is 12.0. The van der Waals surface area contributed by atoms with Gasteiger partial charge in [0.2, 0.25) is 5.91 Å². The first-order chi connectivity index (χ1) is 13.3. The van der Waals surface area contributed by atoms with Gasteiger partial charge in [0.25, 0.3) is 0 Å². The number of aliphatic hydroxyl groups excluding tert-OH is 1. The van der Waals surface area contributed by atoms with E-state index >= 15 is 0 Å². The number of ether oxygens (including phenoxy) is 2. The fourth-order valence-electron chi connectivity index (χ4n) is 2.28. The molecule has 9 heteroatoms. The van der Waals surface area contributed by atoms with Gasteiger partial charge in [-0.25, -0.2) is 9.59 Å². The molecular formula is C19H25N3O6. The van der Waals surface area contributed by atoms with Crippen LogP contribution >= 0.6 is 0 Å². The van der Waals surface area contributed by atoms with Crippen molar-refractivity contribution in [1.82, 2.24) is 10.6 Å². The second-order valence-corrected chi connectivity index (χ2v) is 6.21. The highest BCUT2D eigenvalue weighted by Crippen LogP contribution is 2.07. The van der Waals surface area contributed by atoms with E-state index in [0.29, 0.717) is 0 Å². The Balaban J connectivity index is 2.36. The van der Waals surface area contributed by atoms with Crippen molar-refractivity contribution < 1.29 is 29.0 Å². The van der Waals surface area contributed by atoms with Crippen LogP contribution < -0.4 is 10.6 Å². The second kappa shape index (κ2) is 12.3. The van der Waals surface area contributed by atoms with Crippen LogP contribution in [0.4, 0.5) is 4.79 Å². The van der Waals surface area contributed by atoms with Crippen LogP contribution in [0.5, 0.6) is 0 Å². The van der Waals surface area contributed by atoms with Gasteiger partial charge in [-0.2, -0.15) is 5.26 Å². The molecule has 152 valence electrons. The predicted molar refractivity (Wildman–Crippen MR) is 98.6 cm³/mol. The zero-order valence-corrected chi connectivity index (χ0v) is 15.9. The maximum atomic E-state index is 12.0. The van der Waals surface area contributed by atoms with Crippen LogP contribution in [0.15, 0.2) is 30.3 Å². The molecule has 0 bridgehead atoms. The number of carbonyl (C=O) groups is 3. The maximum Gasteiger partial charge on any atom is 0.407 e. The van der Waals surface area contributed by atoms with Gasteiger partial charge in [-0.15, -0.1) is 0 Å². The summed E-state index contributed by atoms with van der Waals surface area (Å²) >= 11 is 0. The van der Waals surface area contributed by atoms with Gasteiger partial charge >= 0.3 is 12.1 Å². The molecule has 0 heterocycles. The number of aliphatic hydroxyl groups is 1. The first-order valence-corrected chi connectivity index (χ1v) is 8.75. The lowest BCUT2D eigenvalue weighted by Crippen LogP contribution is -2.44. The van der Waals surface area contributed by atoms with E-state index in [2.05, 4.69) is 15.4 Å². The van der Waals surface area contributed by atoms with Gasteiger partial charge in [0.1, 0.15) is 12.6 Å². The van der Waals surface area contributed by atoms with E-state index in [1.165, 1.54) is 7.11 Å². The van der Waals surface area contributed by atoms with Crippen LogP contribution in [0.25, 0.3) is 0 Å². The predicted octanol–water partition coefficient (Wildman–Crippen LogP) is 0.871. The van der Waals surface area contributed by atoms with Crippen molar-refractivity contribution in [2.24, 2.45) is 5.92 Å². The summed E-state index contributed by atoms with van der Waals surface area (Å²) in [6.45, 7) is 1.50. The summed E-state index contributed by atoms with van der Waals surface area (Å²) in [4.78, 5) is 35.3. The molecule has 3 N–H and O–H groups in total. The van der Waals surface area contributed by atoms with Crippen molar-refractivity contribution in [2.75, 3.05) is 13.7 Å². The molecule has 0 saturated carbocycles. The topological polar surface area (TPSA) is 138 Å². The molecule has 0 fully saturated rings. The third-order valence-electron chi connectivity index (χ3n) is 3.75. The number of methoxy groups -OCH3 is 1. The van der Waals surface area contributed by atoms with Crippen molar-refractivity contribution in [3.8, 4) is 6.07 Å². The smallest absolute Gasteiger partial charge is 0.407 e. The highest BCUT2D eigenvalue weighted by molar-refractivity contribution is 5.84. The average molecular weight is 391 g/mol. The van der Waals surface area contributed by atoms with Gasteiger partial charge in [-0.1, -0.05) is 30.3 Å². The summed E-state index contributed by atoms with van der Waals surface area (Å²) in [7, 11) is 1.18. The Morgan fingerprint density at radius 1 is 1.25 bits per heavy atom. The number of hydrogen-bond donors (Lipinski definition) is 3. The lowest BCUT2D eigenvalue weighted by Gasteiger charge is -2.18. The number of esters is 1. The first-order valence-electron chi connectivity index (χ1n) is 8.75. The van der Waals surface area contributed by atoms with Crippen LogP contribution in [0, 0.1) is 17.2 Å². The van der Waals surface area contributed by atoms with Crippen LogP contribution in [-0.4, -0.2) is 48.9 Å². The fraction of sp³-hybridized carbons (Fsp3) is 0.474. The summed E-state index contributed by atoms with van der Waals surface area (Å²) in [6.07, 6.45) is -2.14. The zero-order chi connectivity index (χ0) is 20.9. The van der Waals surface area contributed by atoms with Gasteiger partial charge in [0.15, 0.2) is 0 Å². The van der Waals surface area contributed by atoms with E-state index in [-0.39, 0.29) is 26.0 Å². The first kappa shape index (κ1) is 22.9. The number of hydrogen-bond acceptors (Lipinski definition) is 7. The lowest BCUT2D eigenvalue weighted by atomic mass is 10.0. The molecule has 1 aromatic carbocycles. The third kappa shape index (κ3) is 9.00. The molecule has 28 heavy (non-hydrogen) atoms. The van der Waals surface area contributed by atoms with Crippen LogP contribution in [-0.2, 0) is 25.7 Å². The van der Waals surface area contributed by atoms with Crippen molar-refractivity contribution in [3.05, 3.63) is 35.9 Å². The second-order valence-electron chi connectivity index (χ2n) is 6.21. The monoisotopic (exact) mass is 391 g/mol. The molecule has 9 nitrogen and oxygen atoms in total. The molecule has 0 spiro atoms. The third-order valence-corrected chi connectivity index (χ3v) is 3.75. The Kier molecular flexibility index (Phi) is 10.1. The normalized spacial score (nSPS) is 13.4. The quantitative estimate of drug-likeness (QED) is 0.503. The van der Waals surface area contributed by atoms with Gasteiger partial charge in [0.05, 0.1) is 25.7 Å². The molecule has 0 saturated heterocycles. The molecule has 1 rings (SSSR count). The minimum Gasteiger partial charge on any atom is -0.467 e. The van der Waals surface area contributed by atoms with Gasteiger partial charge < -0.3 is 25.2 Å². The van der Waals surface area contributed by atoms with Crippen LogP contribution in [0.1, 0.15) is 25.3 Å². The summed E-state index contributed by atoms with van der Waals surface area (Å²) in [6, 6.07) is 10.1. The van der Waals surface area contributed by atoms with E-state index < -0.39 is 36.0 Å². The molecule has 0 radical (unpaired) electrons. The minimum absolute atomic E-state index is 0.0845. The van der Waals surface area contributed by atoms with Gasteiger partial charge in [-0.05, 0) is 18.9 Å². The Labute approximate surface area is 163 Å². The Hall–Kier alpha value is -3.12. The van der Waals surface area contributed by atoms with Crippen molar-refractivity contribution in [3.63, 3.8) is 0 Å². The molecule has 2 amide bonds. The summed E-state index contributed by atoms with van der Waals surface area (Å²) in [5.41, 5.74) is 0.818. The largest absolute Gasteiger partial charge is 0.467 e.